The quantitative estimate of drug-likeness (QED) is 0.225. The van der Waals surface area contributed by atoms with Crippen LogP contribution in [-0.2, 0) is 4.79 Å². The molecular formula is C23H18BrCl3F6N2O2. The summed E-state index contributed by atoms with van der Waals surface area (Å²) in [4.78, 5) is 24.2. The normalized spacial score (nSPS) is 13.9. The average molecular weight is 655 g/mol. The largest absolute Gasteiger partial charge is 0.405 e. The van der Waals surface area contributed by atoms with Gasteiger partial charge in [0.05, 0.1) is 32.5 Å². The molecule has 0 aliphatic carbocycles. The topological polar surface area (TPSA) is 58.2 Å². The van der Waals surface area contributed by atoms with Gasteiger partial charge < -0.3 is 10.6 Å². The van der Waals surface area contributed by atoms with Crippen molar-refractivity contribution in [2.75, 3.05) is 13.1 Å². The lowest BCUT2D eigenvalue weighted by molar-refractivity contribution is -0.140. The Labute approximate surface area is 231 Å². The van der Waals surface area contributed by atoms with E-state index < -0.39 is 42.5 Å². The molecule has 0 heterocycles. The van der Waals surface area contributed by atoms with Gasteiger partial charge in [0.25, 0.3) is 5.91 Å². The van der Waals surface area contributed by atoms with Gasteiger partial charge in [-0.15, -0.1) is 0 Å². The monoisotopic (exact) mass is 652 g/mol. The second kappa shape index (κ2) is 12.7. The summed E-state index contributed by atoms with van der Waals surface area (Å²) in [5.41, 5.74) is 0.207. The van der Waals surface area contributed by atoms with E-state index in [9.17, 15) is 35.9 Å². The van der Waals surface area contributed by atoms with E-state index in [0.717, 1.165) is 18.2 Å². The van der Waals surface area contributed by atoms with Crippen molar-refractivity contribution in [3.05, 3.63) is 72.6 Å². The van der Waals surface area contributed by atoms with Gasteiger partial charge >= 0.3 is 12.4 Å². The van der Waals surface area contributed by atoms with Crippen LogP contribution in [0.2, 0.25) is 15.1 Å². The molecular weight excluding hydrogens is 637 g/mol. The predicted octanol–water partition coefficient (Wildman–Crippen LogP) is 7.81. The Morgan fingerprint density at radius 1 is 1.00 bits per heavy atom. The standard InChI is InChI=1S/C23H18BrCl3F6N2O2/c1-11(20(36)35-10-22(28,29)30)9-34-21(37)14-4-2-12(6-16(14)24)3-5-15(23(31,32)33)13-7-17(25)19(27)18(26)8-13/h2-8,11,15H,9-10H2,1H3,(H,34,37)(H,35,36)/b5-3+. The summed E-state index contributed by atoms with van der Waals surface area (Å²) in [5, 5.41) is 3.84. The molecule has 202 valence electrons. The van der Waals surface area contributed by atoms with Crippen LogP contribution in [0, 0.1) is 5.92 Å². The third-order valence-corrected chi connectivity index (χ3v) is 6.77. The molecule has 2 N–H and O–H groups in total. The molecule has 0 radical (unpaired) electrons. The second-order valence-corrected chi connectivity index (χ2v) is 9.91. The smallest absolute Gasteiger partial charge is 0.351 e. The van der Waals surface area contributed by atoms with Crippen LogP contribution < -0.4 is 10.6 Å². The first-order chi connectivity index (χ1) is 17.0. The minimum absolute atomic E-state index is 0.0638. The van der Waals surface area contributed by atoms with Gasteiger partial charge in [0.1, 0.15) is 6.54 Å². The number of benzene rings is 2. The van der Waals surface area contributed by atoms with Gasteiger partial charge in [-0.05, 0) is 51.3 Å². The fourth-order valence-electron chi connectivity index (χ4n) is 2.99. The third-order valence-electron chi connectivity index (χ3n) is 4.92. The van der Waals surface area contributed by atoms with E-state index in [-0.39, 0.29) is 37.2 Å². The van der Waals surface area contributed by atoms with Crippen LogP contribution in [-0.4, -0.2) is 37.3 Å². The van der Waals surface area contributed by atoms with Crippen molar-refractivity contribution in [2.24, 2.45) is 5.92 Å². The molecule has 2 aromatic carbocycles. The molecule has 2 atom stereocenters. The lowest BCUT2D eigenvalue weighted by Gasteiger charge is -2.18. The first-order valence-electron chi connectivity index (χ1n) is 10.3. The molecule has 2 amide bonds. The minimum atomic E-state index is -4.67. The molecule has 0 saturated carbocycles. The van der Waals surface area contributed by atoms with Crippen LogP contribution in [0.4, 0.5) is 26.3 Å². The maximum absolute atomic E-state index is 13.7. The van der Waals surface area contributed by atoms with Crippen LogP contribution in [0.5, 0.6) is 0 Å². The summed E-state index contributed by atoms with van der Waals surface area (Å²) < 4.78 is 78.0. The molecule has 37 heavy (non-hydrogen) atoms. The summed E-state index contributed by atoms with van der Waals surface area (Å²) in [6.07, 6.45) is -7.13. The maximum Gasteiger partial charge on any atom is 0.405 e. The van der Waals surface area contributed by atoms with Crippen molar-refractivity contribution < 1.29 is 35.9 Å². The van der Waals surface area contributed by atoms with Crippen LogP contribution in [0.1, 0.15) is 34.3 Å². The molecule has 0 saturated heterocycles. The van der Waals surface area contributed by atoms with Crippen LogP contribution in [0.25, 0.3) is 6.08 Å². The van der Waals surface area contributed by atoms with E-state index in [0.29, 0.717) is 5.56 Å². The molecule has 2 rings (SSSR count). The Morgan fingerprint density at radius 3 is 2.11 bits per heavy atom. The fourth-order valence-corrected chi connectivity index (χ4v) is 4.18. The third kappa shape index (κ3) is 9.38. The number of halogens is 10. The van der Waals surface area contributed by atoms with Crippen molar-refractivity contribution in [3.63, 3.8) is 0 Å². The van der Waals surface area contributed by atoms with Crippen LogP contribution >= 0.6 is 50.7 Å². The number of alkyl halides is 6. The average Bonchev–Trinajstić information content (AvgIpc) is 2.77. The summed E-state index contributed by atoms with van der Waals surface area (Å²) >= 11 is 20.8. The molecule has 0 aliphatic heterocycles. The molecule has 0 aliphatic rings. The Bertz CT molecular complexity index is 1170. The molecule has 2 unspecified atom stereocenters. The lowest BCUT2D eigenvalue weighted by Crippen LogP contribution is -2.41. The maximum atomic E-state index is 13.7. The highest BCUT2D eigenvalue weighted by molar-refractivity contribution is 9.10. The van der Waals surface area contributed by atoms with Gasteiger partial charge in [-0.1, -0.05) is 59.9 Å². The van der Waals surface area contributed by atoms with Crippen molar-refractivity contribution in [2.45, 2.75) is 25.2 Å². The number of allylic oxidation sites excluding steroid dienone is 1. The van der Waals surface area contributed by atoms with Crippen LogP contribution in [0.3, 0.4) is 0 Å². The number of carbonyl (C=O) groups is 2. The Balaban J connectivity index is 2.12. The zero-order valence-corrected chi connectivity index (χ0v) is 22.6. The van der Waals surface area contributed by atoms with Crippen molar-refractivity contribution in [3.8, 4) is 0 Å². The van der Waals surface area contributed by atoms with E-state index in [1.54, 1.807) is 5.32 Å². The molecule has 0 bridgehead atoms. The Hall–Kier alpha value is -1.95. The highest BCUT2D eigenvalue weighted by Gasteiger charge is 2.39. The Kier molecular flexibility index (Phi) is 10.8. The Morgan fingerprint density at radius 2 is 1.59 bits per heavy atom. The molecule has 4 nitrogen and oxygen atoms in total. The molecule has 14 heteroatoms. The molecule has 0 fully saturated rings. The highest BCUT2D eigenvalue weighted by Crippen LogP contribution is 2.41. The van der Waals surface area contributed by atoms with Gasteiger partial charge in [-0.2, -0.15) is 26.3 Å². The van der Waals surface area contributed by atoms with E-state index in [4.69, 9.17) is 34.8 Å². The van der Waals surface area contributed by atoms with Crippen molar-refractivity contribution in [1.82, 2.24) is 10.6 Å². The minimum Gasteiger partial charge on any atom is -0.351 e. The zero-order valence-electron chi connectivity index (χ0n) is 18.7. The fraction of sp³-hybridized carbons (Fsp3) is 0.304. The second-order valence-electron chi connectivity index (χ2n) is 7.86. The van der Waals surface area contributed by atoms with Gasteiger partial charge in [-0.3, -0.25) is 9.59 Å². The summed E-state index contributed by atoms with van der Waals surface area (Å²) in [5.74, 6) is -4.52. The number of hydrogen-bond acceptors (Lipinski definition) is 2. The molecule has 2 aromatic rings. The zero-order chi connectivity index (χ0) is 28.1. The first kappa shape index (κ1) is 31.3. The summed E-state index contributed by atoms with van der Waals surface area (Å²) in [6, 6.07) is 6.29. The van der Waals surface area contributed by atoms with Gasteiger partial charge in [0.15, 0.2) is 0 Å². The van der Waals surface area contributed by atoms with Gasteiger partial charge in [-0.25, -0.2) is 0 Å². The lowest BCUT2D eigenvalue weighted by atomic mass is 9.97. The summed E-state index contributed by atoms with van der Waals surface area (Å²) in [6.45, 7) is -0.388. The number of nitrogens with one attached hydrogen (secondary N) is 2. The summed E-state index contributed by atoms with van der Waals surface area (Å²) in [7, 11) is 0. The van der Waals surface area contributed by atoms with Gasteiger partial charge in [0, 0.05) is 11.0 Å². The molecule has 0 aromatic heterocycles. The van der Waals surface area contributed by atoms with Crippen molar-refractivity contribution >= 4 is 68.6 Å². The SMILES string of the molecule is CC(CNC(=O)c1ccc(/C=C/C(c2cc(Cl)c(Cl)c(Cl)c2)C(F)(F)F)cc1Br)C(=O)NCC(F)(F)F. The molecule has 0 spiro atoms. The first-order valence-corrected chi connectivity index (χ1v) is 12.2. The highest BCUT2D eigenvalue weighted by atomic mass is 79.9. The number of rotatable bonds is 8. The van der Waals surface area contributed by atoms with Crippen LogP contribution in [0.15, 0.2) is 40.9 Å². The van der Waals surface area contributed by atoms with Crippen molar-refractivity contribution in [1.29, 1.82) is 0 Å². The number of hydrogen-bond donors (Lipinski definition) is 2. The van der Waals surface area contributed by atoms with E-state index in [2.05, 4.69) is 21.2 Å². The van der Waals surface area contributed by atoms with E-state index in [1.807, 2.05) is 0 Å². The number of amides is 2. The predicted molar refractivity (Wildman–Crippen MR) is 134 cm³/mol. The number of carbonyl (C=O) groups excluding carboxylic acids is 2. The van der Waals surface area contributed by atoms with E-state index in [1.165, 1.54) is 31.2 Å². The van der Waals surface area contributed by atoms with Gasteiger partial charge in [0.2, 0.25) is 5.91 Å². The van der Waals surface area contributed by atoms with E-state index >= 15 is 0 Å².